The number of hydrazine groups is 1. The van der Waals surface area contributed by atoms with Gasteiger partial charge in [0.15, 0.2) is 5.78 Å². The lowest BCUT2D eigenvalue weighted by Gasteiger charge is -2.42. The summed E-state index contributed by atoms with van der Waals surface area (Å²) in [5.74, 6) is -0.0129. The number of furan rings is 1. The first-order valence-corrected chi connectivity index (χ1v) is 9.95. The molecule has 2 aliphatic rings. The van der Waals surface area contributed by atoms with E-state index in [1.54, 1.807) is 37.4 Å². The Balaban J connectivity index is 1.86. The molecule has 0 fully saturated rings. The van der Waals surface area contributed by atoms with E-state index in [2.05, 4.69) is 16.5 Å². The lowest BCUT2D eigenvalue weighted by atomic mass is 9.70. The molecule has 8 heteroatoms. The van der Waals surface area contributed by atoms with Crippen LogP contribution in [0.1, 0.15) is 54.5 Å². The molecule has 0 saturated carbocycles. The van der Waals surface area contributed by atoms with Crippen LogP contribution in [0.2, 0.25) is 0 Å². The van der Waals surface area contributed by atoms with Gasteiger partial charge in [0.25, 0.3) is 5.91 Å². The topological polar surface area (TPSA) is 125 Å². The van der Waals surface area contributed by atoms with Gasteiger partial charge in [-0.25, -0.2) is 5.01 Å². The minimum atomic E-state index is -0.705. The number of nitrogens with one attached hydrogen (secondary N) is 1. The van der Waals surface area contributed by atoms with Crippen molar-refractivity contribution in [1.29, 1.82) is 5.26 Å². The van der Waals surface area contributed by atoms with Crippen LogP contribution in [0.3, 0.4) is 0 Å². The number of hydrogen-bond acceptors (Lipinski definition) is 7. The van der Waals surface area contributed by atoms with Gasteiger partial charge in [-0.2, -0.15) is 5.26 Å². The molecule has 0 spiro atoms. The minimum Gasteiger partial charge on any atom is -0.465 e. The molecule has 1 amide bonds. The molecule has 0 radical (unpaired) electrons. The molecule has 158 valence electrons. The Morgan fingerprint density at radius 1 is 1.35 bits per heavy atom. The SMILES string of the molecule is Cc1ccc(C2C(C#N)=C(N)N(NC(=O)c3cccnc3)C3=C2C(=O)CC(C)(C)C3)o1. The smallest absolute Gasteiger partial charge is 0.271 e. The van der Waals surface area contributed by atoms with Gasteiger partial charge >= 0.3 is 0 Å². The van der Waals surface area contributed by atoms with Gasteiger partial charge in [-0.1, -0.05) is 13.8 Å². The third-order valence-electron chi connectivity index (χ3n) is 5.56. The Bertz CT molecular complexity index is 1170. The summed E-state index contributed by atoms with van der Waals surface area (Å²) >= 11 is 0. The van der Waals surface area contributed by atoms with Gasteiger partial charge < -0.3 is 10.2 Å². The van der Waals surface area contributed by atoms with Crippen LogP contribution >= 0.6 is 0 Å². The molecule has 3 N–H and O–H groups in total. The third-order valence-corrected chi connectivity index (χ3v) is 5.56. The number of carbonyl (C=O) groups is 2. The molecule has 31 heavy (non-hydrogen) atoms. The van der Waals surface area contributed by atoms with E-state index in [9.17, 15) is 14.9 Å². The van der Waals surface area contributed by atoms with Crippen molar-refractivity contribution in [2.75, 3.05) is 0 Å². The summed E-state index contributed by atoms with van der Waals surface area (Å²) in [5.41, 5.74) is 10.3. The number of nitrogens with zero attached hydrogens (tertiary/aromatic N) is 3. The van der Waals surface area contributed by atoms with Crippen LogP contribution < -0.4 is 11.2 Å². The van der Waals surface area contributed by atoms with Crippen LogP contribution in [0.4, 0.5) is 0 Å². The fourth-order valence-electron chi connectivity index (χ4n) is 4.19. The second-order valence-electron chi connectivity index (χ2n) is 8.61. The van der Waals surface area contributed by atoms with E-state index < -0.39 is 11.8 Å². The Morgan fingerprint density at radius 2 is 2.13 bits per heavy atom. The van der Waals surface area contributed by atoms with Gasteiger partial charge in [-0.3, -0.25) is 20.0 Å². The molecule has 4 rings (SSSR count). The van der Waals surface area contributed by atoms with Crippen LogP contribution in [0.25, 0.3) is 0 Å². The van der Waals surface area contributed by atoms with Gasteiger partial charge in [0.2, 0.25) is 0 Å². The molecule has 3 heterocycles. The van der Waals surface area contributed by atoms with E-state index in [-0.39, 0.29) is 22.6 Å². The number of amides is 1. The number of hydrogen-bond donors (Lipinski definition) is 2. The first kappa shape index (κ1) is 20.4. The Labute approximate surface area is 180 Å². The highest BCUT2D eigenvalue weighted by molar-refractivity contribution is 6.00. The van der Waals surface area contributed by atoms with E-state index in [0.29, 0.717) is 41.2 Å². The first-order chi connectivity index (χ1) is 14.7. The van der Waals surface area contributed by atoms with Crippen molar-refractivity contribution < 1.29 is 14.0 Å². The van der Waals surface area contributed by atoms with Crippen LogP contribution in [0.5, 0.6) is 0 Å². The molecule has 1 aliphatic carbocycles. The predicted molar refractivity (Wildman–Crippen MR) is 112 cm³/mol. The molecule has 2 aromatic rings. The molecule has 2 aromatic heterocycles. The zero-order valence-electron chi connectivity index (χ0n) is 17.6. The van der Waals surface area contributed by atoms with Crippen LogP contribution in [-0.2, 0) is 4.79 Å². The fraction of sp³-hybridized carbons (Fsp3) is 0.304. The monoisotopic (exact) mass is 417 g/mol. The summed E-state index contributed by atoms with van der Waals surface area (Å²) < 4.78 is 5.80. The maximum Gasteiger partial charge on any atom is 0.271 e. The maximum atomic E-state index is 13.3. The van der Waals surface area contributed by atoms with Crippen molar-refractivity contribution in [2.45, 2.75) is 39.5 Å². The average Bonchev–Trinajstić information content (AvgIpc) is 3.15. The maximum absolute atomic E-state index is 13.3. The second-order valence-corrected chi connectivity index (χ2v) is 8.61. The number of aryl methyl sites for hydroxylation is 1. The lowest BCUT2D eigenvalue weighted by Crippen LogP contribution is -2.49. The number of rotatable bonds is 3. The standard InChI is InChI=1S/C23H23N5O3/c1-13-6-7-18(31-13)19-15(11-24)21(25)28(27-22(30)14-5-4-8-26-12-14)16-9-23(2,3)10-17(29)20(16)19/h4-8,12,19H,9-10,25H2,1-3H3,(H,27,30). The molecule has 1 aliphatic heterocycles. The highest BCUT2D eigenvalue weighted by Gasteiger charge is 2.45. The molecule has 1 atom stereocenters. The Morgan fingerprint density at radius 3 is 2.74 bits per heavy atom. The number of nitrogens with two attached hydrogens (primary N) is 1. The number of nitriles is 1. The molecular weight excluding hydrogens is 394 g/mol. The summed E-state index contributed by atoms with van der Waals surface area (Å²) in [7, 11) is 0. The lowest BCUT2D eigenvalue weighted by molar-refractivity contribution is -0.118. The van der Waals surface area contributed by atoms with E-state index in [0.717, 1.165) is 0 Å². The quantitative estimate of drug-likeness (QED) is 0.786. The summed E-state index contributed by atoms with van der Waals surface area (Å²) in [4.78, 5) is 30.1. The van der Waals surface area contributed by atoms with Crippen molar-refractivity contribution >= 4 is 11.7 Å². The third kappa shape index (κ3) is 3.59. The highest BCUT2D eigenvalue weighted by atomic mass is 16.3. The number of ketones is 1. The van der Waals surface area contributed by atoms with Crippen molar-refractivity contribution in [1.82, 2.24) is 15.4 Å². The first-order valence-electron chi connectivity index (χ1n) is 9.95. The van der Waals surface area contributed by atoms with Gasteiger partial charge in [-0.15, -0.1) is 0 Å². The van der Waals surface area contributed by atoms with Crippen molar-refractivity contribution in [2.24, 2.45) is 11.1 Å². The summed E-state index contributed by atoms with van der Waals surface area (Å²) in [5, 5.41) is 11.3. The van der Waals surface area contributed by atoms with Crippen LogP contribution in [0.15, 0.2) is 63.7 Å². The predicted octanol–water partition coefficient (Wildman–Crippen LogP) is 3.06. The number of aromatic nitrogens is 1. The molecule has 0 aromatic carbocycles. The Kier molecular flexibility index (Phi) is 4.90. The van der Waals surface area contributed by atoms with Gasteiger partial charge in [0.05, 0.1) is 28.8 Å². The zero-order chi connectivity index (χ0) is 22.3. The number of pyridine rings is 1. The summed E-state index contributed by atoms with van der Waals surface area (Å²) in [6.07, 6.45) is 3.82. The van der Waals surface area contributed by atoms with Crippen molar-refractivity contribution in [3.8, 4) is 6.07 Å². The second kappa shape index (κ2) is 7.43. The Hall–Kier alpha value is -3.86. The highest BCUT2D eigenvalue weighted by Crippen LogP contribution is 2.48. The normalized spacial score (nSPS) is 20.4. The fourth-order valence-corrected chi connectivity index (χ4v) is 4.19. The van der Waals surface area contributed by atoms with Gasteiger partial charge in [0, 0.05) is 24.4 Å². The molecule has 0 bridgehead atoms. The van der Waals surface area contributed by atoms with Crippen LogP contribution in [0, 0.1) is 23.7 Å². The van der Waals surface area contributed by atoms with Gasteiger partial charge in [-0.05, 0) is 43.0 Å². The van der Waals surface area contributed by atoms with E-state index in [1.807, 2.05) is 13.8 Å². The van der Waals surface area contributed by atoms with Crippen molar-refractivity contribution in [3.05, 3.63) is 76.4 Å². The molecule has 1 unspecified atom stereocenters. The molecular formula is C23H23N5O3. The van der Waals surface area contributed by atoms with E-state index in [4.69, 9.17) is 10.2 Å². The van der Waals surface area contributed by atoms with Crippen LogP contribution in [-0.4, -0.2) is 21.7 Å². The largest absolute Gasteiger partial charge is 0.465 e. The zero-order valence-corrected chi connectivity index (χ0v) is 17.6. The number of Topliss-reactive ketones (excluding diaryl/α,β-unsaturated/α-hetero) is 1. The van der Waals surface area contributed by atoms with Gasteiger partial charge in [0.1, 0.15) is 17.3 Å². The van der Waals surface area contributed by atoms with E-state index >= 15 is 0 Å². The van der Waals surface area contributed by atoms with Crippen molar-refractivity contribution in [3.63, 3.8) is 0 Å². The van der Waals surface area contributed by atoms with E-state index in [1.165, 1.54) is 11.2 Å². The molecule has 0 saturated heterocycles. The number of allylic oxidation sites excluding steroid dienone is 3. The minimum absolute atomic E-state index is 0.0723. The summed E-state index contributed by atoms with van der Waals surface area (Å²) in [6, 6.07) is 8.95. The average molecular weight is 417 g/mol. The molecule has 8 nitrogen and oxygen atoms in total. The number of carbonyl (C=O) groups excluding carboxylic acids is 2. The summed E-state index contributed by atoms with van der Waals surface area (Å²) in [6.45, 7) is 5.77.